The van der Waals surface area contributed by atoms with Crippen molar-refractivity contribution in [2.75, 3.05) is 27.2 Å². The van der Waals surface area contributed by atoms with Gasteiger partial charge in [0.1, 0.15) is 5.54 Å². The predicted octanol–water partition coefficient (Wildman–Crippen LogP) is 1.52. The monoisotopic (exact) mass is 334 g/mol. The minimum absolute atomic E-state index is 0.0594. The van der Waals surface area contributed by atoms with Gasteiger partial charge in [-0.15, -0.1) is 0 Å². The Morgan fingerprint density at radius 2 is 1.79 bits per heavy atom. The molecule has 1 aliphatic heterocycles. The van der Waals surface area contributed by atoms with E-state index >= 15 is 0 Å². The van der Waals surface area contributed by atoms with Crippen LogP contribution < -0.4 is 5.32 Å². The van der Waals surface area contributed by atoms with E-state index in [1.807, 2.05) is 6.92 Å². The van der Waals surface area contributed by atoms with Gasteiger partial charge in [0.05, 0.1) is 12.1 Å². The largest absolute Gasteiger partial charge is 0.349 e. The van der Waals surface area contributed by atoms with Crippen LogP contribution in [-0.4, -0.2) is 60.4 Å². The molecule has 0 aromatic heterocycles. The molecule has 1 atom stereocenters. The van der Waals surface area contributed by atoms with Gasteiger partial charge in [-0.1, -0.05) is 19.3 Å². The first-order valence-electron chi connectivity index (χ1n) is 9.07. The second-order valence-corrected chi connectivity index (χ2v) is 7.46. The van der Waals surface area contributed by atoms with Gasteiger partial charge in [0, 0.05) is 20.0 Å². The molecule has 1 N–H and O–H groups in total. The maximum Gasteiger partial charge on any atom is 0.238 e. The highest BCUT2D eigenvalue weighted by molar-refractivity contribution is 5.82. The van der Waals surface area contributed by atoms with Crippen LogP contribution in [0.25, 0.3) is 0 Å². The van der Waals surface area contributed by atoms with E-state index in [-0.39, 0.29) is 23.8 Å². The summed E-state index contributed by atoms with van der Waals surface area (Å²) in [6.45, 7) is 3.40. The standard InChI is InChI=1S/C18H30N4O2/c1-14(16(23)20-18(13-19)9-5-4-6-10-18)22-11-7-15(8-12-22)17(24)21(2)3/h14-15H,4-12H2,1-3H3,(H,20,23). The number of rotatable bonds is 4. The van der Waals surface area contributed by atoms with Gasteiger partial charge in [0.2, 0.25) is 11.8 Å². The number of amides is 2. The van der Waals surface area contributed by atoms with Gasteiger partial charge in [-0.25, -0.2) is 0 Å². The summed E-state index contributed by atoms with van der Waals surface area (Å²) < 4.78 is 0. The van der Waals surface area contributed by atoms with Crippen LogP contribution in [0.5, 0.6) is 0 Å². The third kappa shape index (κ3) is 4.27. The number of hydrogen-bond donors (Lipinski definition) is 1. The average Bonchev–Trinajstić information content (AvgIpc) is 2.61. The third-order valence-corrected chi connectivity index (χ3v) is 5.53. The molecule has 1 saturated carbocycles. The Morgan fingerprint density at radius 3 is 2.29 bits per heavy atom. The van der Waals surface area contributed by atoms with E-state index in [2.05, 4.69) is 16.3 Å². The molecular weight excluding hydrogens is 304 g/mol. The lowest BCUT2D eigenvalue weighted by atomic mass is 9.82. The van der Waals surface area contributed by atoms with E-state index in [1.165, 1.54) is 0 Å². The summed E-state index contributed by atoms with van der Waals surface area (Å²) in [6, 6.07) is 2.08. The van der Waals surface area contributed by atoms with Gasteiger partial charge in [-0.2, -0.15) is 5.26 Å². The maximum atomic E-state index is 12.6. The third-order valence-electron chi connectivity index (χ3n) is 5.53. The fourth-order valence-electron chi connectivity index (χ4n) is 3.83. The predicted molar refractivity (Wildman–Crippen MR) is 92.0 cm³/mol. The van der Waals surface area contributed by atoms with Crippen molar-refractivity contribution in [3.05, 3.63) is 0 Å². The molecule has 0 aromatic rings. The van der Waals surface area contributed by atoms with Crippen LogP contribution in [-0.2, 0) is 9.59 Å². The average molecular weight is 334 g/mol. The van der Waals surface area contributed by atoms with Crippen LogP contribution in [0, 0.1) is 17.2 Å². The topological polar surface area (TPSA) is 76.4 Å². The van der Waals surface area contributed by atoms with Crippen molar-refractivity contribution in [2.45, 2.75) is 63.5 Å². The normalized spacial score (nSPS) is 23.1. The summed E-state index contributed by atoms with van der Waals surface area (Å²) in [7, 11) is 3.58. The van der Waals surface area contributed by atoms with E-state index in [4.69, 9.17) is 0 Å². The van der Waals surface area contributed by atoms with Crippen LogP contribution in [0.3, 0.4) is 0 Å². The molecule has 0 aromatic carbocycles. The minimum Gasteiger partial charge on any atom is -0.349 e. The Labute approximate surface area is 145 Å². The van der Waals surface area contributed by atoms with Gasteiger partial charge in [-0.05, 0) is 45.7 Å². The minimum atomic E-state index is -0.678. The number of hydrogen-bond acceptors (Lipinski definition) is 4. The van der Waals surface area contributed by atoms with Crippen LogP contribution in [0.15, 0.2) is 0 Å². The number of carbonyl (C=O) groups is 2. The van der Waals surface area contributed by atoms with Gasteiger partial charge in [0.25, 0.3) is 0 Å². The number of nitrogens with zero attached hydrogens (tertiary/aromatic N) is 3. The summed E-state index contributed by atoms with van der Waals surface area (Å²) in [4.78, 5) is 28.4. The van der Waals surface area contributed by atoms with Crippen LogP contribution in [0.2, 0.25) is 0 Å². The van der Waals surface area contributed by atoms with E-state index in [0.29, 0.717) is 0 Å². The van der Waals surface area contributed by atoms with Gasteiger partial charge >= 0.3 is 0 Å². The molecule has 1 saturated heterocycles. The smallest absolute Gasteiger partial charge is 0.238 e. The summed E-state index contributed by atoms with van der Waals surface area (Å²) >= 11 is 0. The molecule has 6 nitrogen and oxygen atoms in total. The zero-order valence-corrected chi connectivity index (χ0v) is 15.2. The maximum absolute atomic E-state index is 12.6. The first kappa shape index (κ1) is 18.7. The van der Waals surface area contributed by atoms with E-state index < -0.39 is 5.54 Å². The number of piperidine rings is 1. The molecule has 1 aliphatic carbocycles. The van der Waals surface area contributed by atoms with Crippen molar-refractivity contribution in [3.8, 4) is 6.07 Å². The van der Waals surface area contributed by atoms with Crippen molar-refractivity contribution in [2.24, 2.45) is 5.92 Å². The Kier molecular flexibility index (Phi) is 6.22. The van der Waals surface area contributed by atoms with E-state index in [1.54, 1.807) is 19.0 Å². The zero-order valence-electron chi connectivity index (χ0n) is 15.2. The first-order chi connectivity index (χ1) is 11.4. The summed E-state index contributed by atoms with van der Waals surface area (Å²) in [5.41, 5.74) is -0.678. The Balaban J connectivity index is 1.88. The lowest BCUT2D eigenvalue weighted by Gasteiger charge is -2.38. The van der Waals surface area contributed by atoms with E-state index in [0.717, 1.165) is 58.0 Å². The van der Waals surface area contributed by atoms with Crippen molar-refractivity contribution in [1.29, 1.82) is 5.26 Å². The lowest BCUT2D eigenvalue weighted by Crippen LogP contribution is -2.56. The second-order valence-electron chi connectivity index (χ2n) is 7.46. The summed E-state index contributed by atoms with van der Waals surface area (Å²) in [5, 5.41) is 12.5. The lowest BCUT2D eigenvalue weighted by molar-refractivity contribution is -0.135. The molecule has 2 aliphatic rings. The highest BCUT2D eigenvalue weighted by Crippen LogP contribution is 2.28. The van der Waals surface area contributed by atoms with Gasteiger partial charge in [-0.3, -0.25) is 14.5 Å². The first-order valence-corrected chi connectivity index (χ1v) is 9.07. The highest BCUT2D eigenvalue weighted by Gasteiger charge is 2.37. The van der Waals surface area contributed by atoms with Crippen molar-refractivity contribution in [1.82, 2.24) is 15.1 Å². The molecule has 1 unspecified atom stereocenters. The Hall–Kier alpha value is -1.61. The van der Waals surface area contributed by atoms with Crippen LogP contribution in [0.1, 0.15) is 51.9 Å². The molecule has 24 heavy (non-hydrogen) atoms. The quantitative estimate of drug-likeness (QED) is 0.846. The Bertz CT molecular complexity index is 498. The Morgan fingerprint density at radius 1 is 1.21 bits per heavy atom. The van der Waals surface area contributed by atoms with E-state index in [9.17, 15) is 14.9 Å². The van der Waals surface area contributed by atoms with Crippen molar-refractivity contribution >= 4 is 11.8 Å². The number of carbonyl (C=O) groups excluding carboxylic acids is 2. The molecular formula is C18H30N4O2. The number of nitrogens with one attached hydrogen (secondary N) is 1. The van der Waals surface area contributed by atoms with Crippen molar-refractivity contribution in [3.63, 3.8) is 0 Å². The fraction of sp³-hybridized carbons (Fsp3) is 0.833. The molecule has 0 radical (unpaired) electrons. The summed E-state index contributed by atoms with van der Waals surface area (Å²) in [6.07, 6.45) is 6.22. The second kappa shape index (κ2) is 7.98. The fourth-order valence-corrected chi connectivity index (χ4v) is 3.83. The van der Waals surface area contributed by atoms with Crippen molar-refractivity contribution < 1.29 is 9.59 Å². The molecule has 6 heteroatoms. The molecule has 1 heterocycles. The van der Waals surface area contributed by atoms with Gasteiger partial charge in [0.15, 0.2) is 0 Å². The highest BCUT2D eigenvalue weighted by atomic mass is 16.2. The van der Waals surface area contributed by atoms with Crippen LogP contribution >= 0.6 is 0 Å². The molecule has 2 amide bonds. The SMILES string of the molecule is CC(C(=O)NC1(C#N)CCCCC1)N1CCC(C(=O)N(C)C)CC1. The van der Waals surface area contributed by atoms with Crippen LogP contribution in [0.4, 0.5) is 0 Å². The zero-order chi connectivity index (χ0) is 17.7. The molecule has 2 fully saturated rings. The number of likely N-dealkylation sites (tertiary alicyclic amines) is 1. The summed E-state index contributed by atoms with van der Waals surface area (Å²) in [5.74, 6) is 0.184. The molecule has 0 spiro atoms. The molecule has 134 valence electrons. The number of nitriles is 1. The van der Waals surface area contributed by atoms with Gasteiger partial charge < -0.3 is 10.2 Å². The molecule has 0 bridgehead atoms. The molecule has 2 rings (SSSR count).